The fourth-order valence-corrected chi connectivity index (χ4v) is 2.50. The fraction of sp³-hybridized carbons (Fsp3) is 0.231. The molecule has 0 fully saturated rings. The van der Waals surface area contributed by atoms with Crippen molar-refractivity contribution in [3.63, 3.8) is 0 Å². The van der Waals surface area contributed by atoms with Crippen LogP contribution in [-0.4, -0.2) is 10.8 Å². The zero-order chi connectivity index (χ0) is 12.3. The highest BCUT2D eigenvalue weighted by Crippen LogP contribution is 2.19. The van der Waals surface area contributed by atoms with E-state index in [-0.39, 0.29) is 17.9 Å². The number of halogens is 1. The van der Waals surface area contributed by atoms with Crippen LogP contribution in [0.4, 0.5) is 4.39 Å². The van der Waals surface area contributed by atoms with Crippen molar-refractivity contribution in [3.05, 3.63) is 51.7 Å². The van der Waals surface area contributed by atoms with Gasteiger partial charge in [0.2, 0.25) is 0 Å². The number of ketones is 1. The largest absolute Gasteiger partial charge is 0.292 e. The van der Waals surface area contributed by atoms with Crippen LogP contribution in [0, 0.1) is 5.82 Å². The Bertz CT molecular complexity index is 536. The van der Waals surface area contributed by atoms with Crippen LogP contribution in [0.25, 0.3) is 0 Å². The predicted octanol–water partition coefficient (Wildman–Crippen LogP) is 3.27. The molecule has 0 aliphatic carbocycles. The molecule has 0 bridgehead atoms. The Morgan fingerprint density at radius 2 is 2.12 bits per heavy atom. The summed E-state index contributed by atoms with van der Waals surface area (Å²) in [6.07, 6.45) is 2.61. The average Bonchev–Trinajstić information content (AvgIpc) is 2.77. The number of nitrogens with zero attached hydrogens (tertiary/aromatic N) is 1. The SMILES string of the molecule is CCc1ccc(CC(=O)c2ncccc2F)s1. The summed E-state index contributed by atoms with van der Waals surface area (Å²) in [4.78, 5) is 17.8. The molecule has 0 radical (unpaired) electrons. The summed E-state index contributed by atoms with van der Waals surface area (Å²) in [6.45, 7) is 2.07. The number of thiophene rings is 1. The molecule has 2 aromatic heterocycles. The molecular weight excluding hydrogens is 237 g/mol. The molecule has 0 unspecified atom stereocenters. The molecule has 2 heterocycles. The van der Waals surface area contributed by atoms with E-state index in [1.165, 1.54) is 23.2 Å². The maximum atomic E-state index is 13.3. The molecule has 0 aliphatic heterocycles. The number of rotatable bonds is 4. The first-order valence-corrected chi connectivity index (χ1v) is 6.23. The Morgan fingerprint density at radius 3 is 2.76 bits per heavy atom. The smallest absolute Gasteiger partial charge is 0.189 e. The molecule has 0 aromatic carbocycles. The van der Waals surface area contributed by atoms with E-state index in [9.17, 15) is 9.18 Å². The second-order valence-electron chi connectivity index (χ2n) is 3.66. The molecule has 88 valence electrons. The number of carbonyl (C=O) groups excluding carboxylic acids is 1. The molecule has 4 heteroatoms. The van der Waals surface area contributed by atoms with Gasteiger partial charge in [0.05, 0.1) is 0 Å². The van der Waals surface area contributed by atoms with Crippen LogP contribution in [0.5, 0.6) is 0 Å². The summed E-state index contributed by atoms with van der Waals surface area (Å²) < 4.78 is 13.3. The summed E-state index contributed by atoms with van der Waals surface area (Å²) in [5, 5.41) is 0. The summed E-state index contributed by atoms with van der Waals surface area (Å²) in [6, 6.07) is 6.66. The molecule has 17 heavy (non-hydrogen) atoms. The van der Waals surface area contributed by atoms with Gasteiger partial charge in [-0.2, -0.15) is 0 Å². The Kier molecular flexibility index (Phi) is 3.64. The summed E-state index contributed by atoms with van der Waals surface area (Å²) in [5.74, 6) is -0.822. The van der Waals surface area contributed by atoms with Gasteiger partial charge in [-0.05, 0) is 30.7 Å². The standard InChI is InChI=1S/C13H12FNOS/c1-2-9-5-6-10(17-9)8-12(16)13-11(14)4-3-7-15-13/h3-7H,2,8H2,1H3. The predicted molar refractivity (Wildman–Crippen MR) is 65.9 cm³/mol. The Labute approximate surface area is 103 Å². The van der Waals surface area contributed by atoms with Gasteiger partial charge in [-0.25, -0.2) is 4.39 Å². The molecule has 2 nitrogen and oxygen atoms in total. The van der Waals surface area contributed by atoms with Gasteiger partial charge in [-0.1, -0.05) is 6.92 Å². The number of aryl methyl sites for hydroxylation is 1. The van der Waals surface area contributed by atoms with E-state index in [1.54, 1.807) is 11.3 Å². The topological polar surface area (TPSA) is 30.0 Å². The lowest BCUT2D eigenvalue weighted by atomic mass is 10.1. The first kappa shape index (κ1) is 11.9. The van der Waals surface area contributed by atoms with Gasteiger partial charge < -0.3 is 0 Å². The van der Waals surface area contributed by atoms with E-state index in [0.29, 0.717) is 0 Å². The first-order chi connectivity index (χ1) is 8.20. The number of carbonyl (C=O) groups is 1. The van der Waals surface area contributed by atoms with Crippen molar-refractivity contribution in [2.75, 3.05) is 0 Å². The van der Waals surface area contributed by atoms with Gasteiger partial charge in [0.1, 0.15) is 5.69 Å². The number of pyridine rings is 1. The molecular formula is C13H12FNOS. The lowest BCUT2D eigenvalue weighted by molar-refractivity contribution is 0.0985. The van der Waals surface area contributed by atoms with Crippen molar-refractivity contribution in [2.24, 2.45) is 0 Å². The average molecular weight is 249 g/mol. The van der Waals surface area contributed by atoms with Gasteiger partial charge in [-0.15, -0.1) is 11.3 Å². The minimum Gasteiger partial charge on any atom is -0.292 e. The molecule has 0 saturated heterocycles. The van der Waals surface area contributed by atoms with E-state index in [0.717, 1.165) is 11.3 Å². The zero-order valence-corrected chi connectivity index (χ0v) is 10.3. The van der Waals surface area contributed by atoms with Crippen molar-refractivity contribution in [3.8, 4) is 0 Å². The molecule has 0 spiro atoms. The lowest BCUT2D eigenvalue weighted by Gasteiger charge is -1.99. The van der Waals surface area contributed by atoms with E-state index < -0.39 is 5.82 Å². The van der Waals surface area contributed by atoms with Crippen LogP contribution in [0.2, 0.25) is 0 Å². The molecule has 0 aliphatic rings. The molecule has 2 aromatic rings. The lowest BCUT2D eigenvalue weighted by Crippen LogP contribution is -2.07. The second kappa shape index (κ2) is 5.19. The molecule has 0 saturated carbocycles. The number of hydrogen-bond acceptors (Lipinski definition) is 3. The Hall–Kier alpha value is -1.55. The number of hydrogen-bond donors (Lipinski definition) is 0. The quantitative estimate of drug-likeness (QED) is 0.778. The van der Waals surface area contributed by atoms with Crippen LogP contribution in [0.15, 0.2) is 30.5 Å². The Morgan fingerprint density at radius 1 is 1.35 bits per heavy atom. The first-order valence-electron chi connectivity index (χ1n) is 5.42. The third kappa shape index (κ3) is 2.77. The van der Waals surface area contributed by atoms with Crippen LogP contribution in [0.1, 0.15) is 27.2 Å². The highest BCUT2D eigenvalue weighted by Gasteiger charge is 2.14. The van der Waals surface area contributed by atoms with Crippen LogP contribution in [0.3, 0.4) is 0 Å². The fourth-order valence-electron chi connectivity index (χ4n) is 1.54. The van der Waals surface area contributed by atoms with Crippen molar-refractivity contribution in [1.82, 2.24) is 4.98 Å². The maximum Gasteiger partial charge on any atom is 0.189 e. The van der Waals surface area contributed by atoms with Gasteiger partial charge in [0.25, 0.3) is 0 Å². The van der Waals surface area contributed by atoms with Gasteiger partial charge in [0, 0.05) is 22.4 Å². The molecule has 0 atom stereocenters. The minimum absolute atomic E-state index is 0.0704. The monoisotopic (exact) mass is 249 g/mol. The molecule has 0 amide bonds. The minimum atomic E-state index is -0.551. The third-order valence-electron chi connectivity index (χ3n) is 2.42. The normalized spacial score (nSPS) is 10.5. The molecule has 2 rings (SSSR count). The van der Waals surface area contributed by atoms with Crippen molar-refractivity contribution in [1.29, 1.82) is 0 Å². The van der Waals surface area contributed by atoms with E-state index in [4.69, 9.17) is 0 Å². The number of Topliss-reactive ketones (excluding diaryl/α,β-unsaturated/α-hetero) is 1. The van der Waals surface area contributed by atoms with Gasteiger partial charge in [-0.3, -0.25) is 9.78 Å². The van der Waals surface area contributed by atoms with Crippen molar-refractivity contribution < 1.29 is 9.18 Å². The highest BCUT2D eigenvalue weighted by atomic mass is 32.1. The third-order valence-corrected chi connectivity index (χ3v) is 3.65. The number of aromatic nitrogens is 1. The van der Waals surface area contributed by atoms with E-state index in [2.05, 4.69) is 11.9 Å². The summed E-state index contributed by atoms with van der Waals surface area (Å²) in [7, 11) is 0. The van der Waals surface area contributed by atoms with Gasteiger partial charge in [0.15, 0.2) is 11.6 Å². The van der Waals surface area contributed by atoms with Gasteiger partial charge >= 0.3 is 0 Å². The van der Waals surface area contributed by atoms with Crippen LogP contribution in [-0.2, 0) is 12.8 Å². The summed E-state index contributed by atoms with van der Waals surface area (Å²) >= 11 is 1.59. The highest BCUT2D eigenvalue weighted by molar-refractivity contribution is 7.12. The Balaban J connectivity index is 2.14. The van der Waals surface area contributed by atoms with Crippen molar-refractivity contribution >= 4 is 17.1 Å². The van der Waals surface area contributed by atoms with Crippen LogP contribution < -0.4 is 0 Å². The maximum absolute atomic E-state index is 13.3. The zero-order valence-electron chi connectivity index (χ0n) is 9.44. The molecule has 0 N–H and O–H groups in total. The second-order valence-corrected chi connectivity index (χ2v) is 4.91. The van der Waals surface area contributed by atoms with E-state index in [1.807, 2.05) is 12.1 Å². The van der Waals surface area contributed by atoms with E-state index >= 15 is 0 Å². The summed E-state index contributed by atoms with van der Waals surface area (Å²) in [5.41, 5.74) is -0.0704. The van der Waals surface area contributed by atoms with Crippen LogP contribution >= 0.6 is 11.3 Å². The van der Waals surface area contributed by atoms with Crippen molar-refractivity contribution in [2.45, 2.75) is 19.8 Å².